The molecule has 0 saturated carbocycles. The summed E-state index contributed by atoms with van der Waals surface area (Å²) in [6.07, 6.45) is 2.16. The lowest BCUT2D eigenvalue weighted by atomic mass is 10.0. The van der Waals surface area contributed by atoms with Gasteiger partial charge in [-0.1, -0.05) is 0 Å². The molecule has 0 spiro atoms. The molecule has 1 fully saturated rings. The molecule has 8 heteroatoms. The van der Waals surface area contributed by atoms with Crippen LogP contribution >= 0.6 is 11.3 Å². The third-order valence-electron chi connectivity index (χ3n) is 5.77. The van der Waals surface area contributed by atoms with Crippen LogP contribution in [0, 0.1) is 27.7 Å². The standard InChI is InChI=1S/C21H27N5O2S/c1-7-28-21(27)18-11(2)16-19(22-14(5)23-20(16)29-18)26-10-8-9-15(26)17-12(3)24-25(6)13(17)4/h15H,7-10H2,1-6H3. The monoisotopic (exact) mass is 413 g/mol. The molecule has 0 aromatic carbocycles. The van der Waals surface area contributed by atoms with Gasteiger partial charge >= 0.3 is 5.97 Å². The summed E-state index contributed by atoms with van der Waals surface area (Å²) >= 11 is 1.40. The summed E-state index contributed by atoms with van der Waals surface area (Å²) in [6, 6.07) is 0.228. The van der Waals surface area contributed by atoms with Gasteiger partial charge in [-0.25, -0.2) is 14.8 Å². The molecule has 0 radical (unpaired) electrons. The highest BCUT2D eigenvalue weighted by Gasteiger charge is 2.34. The summed E-state index contributed by atoms with van der Waals surface area (Å²) < 4.78 is 7.21. The molecule has 1 atom stereocenters. The predicted molar refractivity (Wildman–Crippen MR) is 115 cm³/mol. The Kier molecular flexibility index (Phi) is 5.06. The van der Waals surface area contributed by atoms with E-state index < -0.39 is 0 Å². The first-order valence-electron chi connectivity index (χ1n) is 10.0. The number of carbonyl (C=O) groups excluding carboxylic acids is 1. The first kappa shape index (κ1) is 19.8. The van der Waals surface area contributed by atoms with Crippen molar-refractivity contribution in [3.05, 3.63) is 33.2 Å². The SMILES string of the molecule is CCOC(=O)c1sc2nc(C)nc(N3CCCC3c3c(C)nn(C)c3C)c2c1C. The molecule has 0 amide bonds. The van der Waals surface area contributed by atoms with Crippen molar-refractivity contribution < 1.29 is 9.53 Å². The molecule has 0 N–H and O–H groups in total. The smallest absolute Gasteiger partial charge is 0.348 e. The van der Waals surface area contributed by atoms with Crippen LogP contribution in [0.1, 0.15) is 63.8 Å². The first-order valence-corrected chi connectivity index (χ1v) is 10.9. The van der Waals surface area contributed by atoms with Crippen LogP contribution in [-0.2, 0) is 11.8 Å². The second kappa shape index (κ2) is 7.40. The van der Waals surface area contributed by atoms with Gasteiger partial charge in [0.1, 0.15) is 21.3 Å². The predicted octanol–water partition coefficient (Wildman–Crippen LogP) is 4.18. The average molecular weight is 414 g/mol. The molecule has 29 heavy (non-hydrogen) atoms. The van der Waals surface area contributed by atoms with Gasteiger partial charge in [-0.3, -0.25) is 4.68 Å². The fraction of sp³-hybridized carbons (Fsp3) is 0.524. The van der Waals surface area contributed by atoms with E-state index in [1.165, 1.54) is 22.6 Å². The number of esters is 1. The maximum atomic E-state index is 12.4. The maximum absolute atomic E-state index is 12.4. The summed E-state index contributed by atoms with van der Waals surface area (Å²) in [5, 5.41) is 5.59. The minimum Gasteiger partial charge on any atom is -0.462 e. The van der Waals surface area contributed by atoms with E-state index in [2.05, 4.69) is 28.8 Å². The number of anilines is 1. The molecule has 1 saturated heterocycles. The number of fused-ring (bicyclic) bond motifs is 1. The zero-order valence-electron chi connectivity index (χ0n) is 17.9. The van der Waals surface area contributed by atoms with Crippen molar-refractivity contribution >= 4 is 33.3 Å². The van der Waals surface area contributed by atoms with Crippen molar-refractivity contribution in [2.75, 3.05) is 18.1 Å². The summed E-state index contributed by atoms with van der Waals surface area (Å²) in [4.78, 5) is 25.8. The number of ether oxygens (including phenoxy) is 1. The van der Waals surface area contributed by atoms with E-state index in [0.29, 0.717) is 11.5 Å². The Balaban J connectivity index is 1.87. The van der Waals surface area contributed by atoms with Crippen molar-refractivity contribution in [2.24, 2.45) is 7.05 Å². The van der Waals surface area contributed by atoms with E-state index in [0.717, 1.165) is 52.5 Å². The Morgan fingerprint density at radius 1 is 1.24 bits per heavy atom. The second-order valence-corrected chi connectivity index (χ2v) is 8.61. The van der Waals surface area contributed by atoms with Crippen molar-refractivity contribution in [3.8, 4) is 0 Å². The normalized spacial score (nSPS) is 16.8. The van der Waals surface area contributed by atoms with Gasteiger partial charge in [0.15, 0.2) is 0 Å². The number of thiophene rings is 1. The van der Waals surface area contributed by atoms with Gasteiger partial charge in [0.25, 0.3) is 0 Å². The topological polar surface area (TPSA) is 73.1 Å². The van der Waals surface area contributed by atoms with E-state index in [9.17, 15) is 4.79 Å². The number of aromatic nitrogens is 4. The molecule has 7 nitrogen and oxygen atoms in total. The Bertz CT molecular complexity index is 1100. The van der Waals surface area contributed by atoms with Crippen LogP contribution in [0.2, 0.25) is 0 Å². The lowest BCUT2D eigenvalue weighted by Gasteiger charge is -2.27. The van der Waals surface area contributed by atoms with Crippen LogP contribution in [-0.4, -0.2) is 38.9 Å². The van der Waals surface area contributed by atoms with E-state index in [1.807, 2.05) is 32.5 Å². The van der Waals surface area contributed by atoms with Crippen LogP contribution in [0.3, 0.4) is 0 Å². The van der Waals surface area contributed by atoms with Gasteiger partial charge in [-0.2, -0.15) is 5.10 Å². The zero-order valence-corrected chi connectivity index (χ0v) is 18.7. The number of rotatable bonds is 4. The lowest BCUT2D eigenvalue weighted by molar-refractivity contribution is 0.0531. The van der Waals surface area contributed by atoms with E-state index in [4.69, 9.17) is 9.72 Å². The number of carbonyl (C=O) groups is 1. The summed E-state index contributed by atoms with van der Waals surface area (Å²) in [5.74, 6) is 1.35. The molecule has 0 bridgehead atoms. The second-order valence-electron chi connectivity index (χ2n) is 7.61. The summed E-state index contributed by atoms with van der Waals surface area (Å²) in [5.41, 5.74) is 4.45. The minimum atomic E-state index is -0.284. The van der Waals surface area contributed by atoms with Crippen molar-refractivity contribution in [1.29, 1.82) is 0 Å². The number of nitrogens with zero attached hydrogens (tertiary/aromatic N) is 5. The van der Waals surface area contributed by atoms with Gasteiger partial charge < -0.3 is 9.64 Å². The molecule has 3 aromatic rings. The molecule has 154 valence electrons. The largest absolute Gasteiger partial charge is 0.462 e. The van der Waals surface area contributed by atoms with Crippen LogP contribution in [0.25, 0.3) is 10.2 Å². The molecule has 1 unspecified atom stereocenters. The third-order valence-corrected chi connectivity index (χ3v) is 6.93. The molecule has 4 heterocycles. The molecule has 4 rings (SSSR count). The van der Waals surface area contributed by atoms with Crippen LogP contribution < -0.4 is 4.90 Å². The van der Waals surface area contributed by atoms with Crippen molar-refractivity contribution in [1.82, 2.24) is 19.7 Å². The molecule has 3 aromatic heterocycles. The Morgan fingerprint density at radius 2 is 2.00 bits per heavy atom. The minimum absolute atomic E-state index is 0.228. The van der Waals surface area contributed by atoms with Crippen LogP contribution in [0.15, 0.2) is 0 Å². The average Bonchev–Trinajstić information content (AvgIpc) is 3.32. The van der Waals surface area contributed by atoms with Crippen LogP contribution in [0.5, 0.6) is 0 Å². The molecule has 0 aliphatic carbocycles. The molecule has 1 aliphatic heterocycles. The van der Waals surface area contributed by atoms with Crippen LogP contribution in [0.4, 0.5) is 5.82 Å². The summed E-state index contributed by atoms with van der Waals surface area (Å²) in [7, 11) is 1.99. The van der Waals surface area contributed by atoms with E-state index in [-0.39, 0.29) is 12.0 Å². The number of hydrogen-bond donors (Lipinski definition) is 0. The molecular weight excluding hydrogens is 386 g/mol. The van der Waals surface area contributed by atoms with Gasteiger partial charge in [-0.15, -0.1) is 11.3 Å². The summed E-state index contributed by atoms with van der Waals surface area (Å²) in [6.45, 7) is 11.2. The zero-order chi connectivity index (χ0) is 20.9. The highest BCUT2D eigenvalue weighted by Crippen LogP contribution is 2.43. The Hall–Kier alpha value is -2.48. The Morgan fingerprint density at radius 3 is 2.66 bits per heavy atom. The van der Waals surface area contributed by atoms with Gasteiger partial charge in [-0.05, 0) is 53.0 Å². The molecule has 1 aliphatic rings. The highest BCUT2D eigenvalue weighted by molar-refractivity contribution is 7.20. The van der Waals surface area contributed by atoms with E-state index >= 15 is 0 Å². The van der Waals surface area contributed by atoms with Crippen molar-refractivity contribution in [3.63, 3.8) is 0 Å². The molecular formula is C21H27N5O2S. The van der Waals surface area contributed by atoms with E-state index in [1.54, 1.807) is 0 Å². The maximum Gasteiger partial charge on any atom is 0.348 e. The van der Waals surface area contributed by atoms with Gasteiger partial charge in [0, 0.05) is 24.8 Å². The number of aryl methyl sites for hydroxylation is 4. The fourth-order valence-electron chi connectivity index (χ4n) is 4.41. The Labute approximate surface area is 174 Å². The van der Waals surface area contributed by atoms with Crippen molar-refractivity contribution in [2.45, 2.75) is 53.5 Å². The number of hydrogen-bond acceptors (Lipinski definition) is 7. The highest BCUT2D eigenvalue weighted by atomic mass is 32.1. The van der Waals surface area contributed by atoms with Gasteiger partial charge in [0.05, 0.1) is 23.7 Å². The quantitative estimate of drug-likeness (QED) is 0.598. The fourth-order valence-corrected chi connectivity index (χ4v) is 5.53. The van der Waals surface area contributed by atoms with Gasteiger partial charge in [0.2, 0.25) is 0 Å². The lowest BCUT2D eigenvalue weighted by Crippen LogP contribution is -2.25. The third kappa shape index (κ3) is 3.19. The first-order chi connectivity index (χ1) is 13.8.